The predicted octanol–water partition coefficient (Wildman–Crippen LogP) is 3.20. The van der Waals surface area contributed by atoms with Crippen molar-refractivity contribution in [1.82, 2.24) is 0 Å². The van der Waals surface area contributed by atoms with Crippen molar-refractivity contribution in [2.75, 3.05) is 0 Å². The van der Waals surface area contributed by atoms with Gasteiger partial charge in [0, 0.05) is 11.1 Å². The smallest absolute Gasteiger partial charge is 0.193 e. The number of rotatable bonds is 3. The Labute approximate surface area is 112 Å². The molecule has 0 fully saturated rings. The highest BCUT2D eigenvalue weighted by molar-refractivity contribution is 9.10. The first-order valence-electron chi connectivity index (χ1n) is 5.21. The molecule has 0 bridgehead atoms. The maximum absolute atomic E-state index is 12.2. The van der Waals surface area contributed by atoms with Crippen molar-refractivity contribution in [3.8, 4) is 5.75 Å². The van der Waals surface area contributed by atoms with Gasteiger partial charge in [-0.1, -0.05) is 30.3 Å². The lowest BCUT2D eigenvalue weighted by Crippen LogP contribution is -2.02. The molecule has 0 radical (unpaired) electrons. The van der Waals surface area contributed by atoms with Crippen LogP contribution in [0.5, 0.6) is 5.75 Å². The molecular formula is C14H9BrO3. The average molecular weight is 305 g/mol. The molecular weight excluding hydrogens is 296 g/mol. The molecule has 0 amide bonds. The van der Waals surface area contributed by atoms with Crippen LogP contribution >= 0.6 is 15.9 Å². The SMILES string of the molecule is O=Cc1cc(C(=O)c2ccccc2)cc(Br)c1O. The van der Waals surface area contributed by atoms with Crippen molar-refractivity contribution in [3.05, 3.63) is 63.6 Å². The molecule has 18 heavy (non-hydrogen) atoms. The third-order valence-electron chi connectivity index (χ3n) is 2.52. The van der Waals surface area contributed by atoms with Crippen LogP contribution in [0, 0.1) is 0 Å². The van der Waals surface area contributed by atoms with E-state index < -0.39 is 0 Å². The molecule has 0 unspecified atom stereocenters. The summed E-state index contributed by atoms with van der Waals surface area (Å²) < 4.78 is 0.325. The van der Waals surface area contributed by atoms with Gasteiger partial charge in [-0.3, -0.25) is 9.59 Å². The summed E-state index contributed by atoms with van der Waals surface area (Å²) in [5.41, 5.74) is 0.976. The molecule has 0 aliphatic carbocycles. The summed E-state index contributed by atoms with van der Waals surface area (Å²) in [6.07, 6.45) is 0.516. The highest BCUT2D eigenvalue weighted by Crippen LogP contribution is 2.29. The number of phenolic OH excluding ortho intramolecular Hbond substituents is 1. The van der Waals surface area contributed by atoms with Crippen LogP contribution in [-0.2, 0) is 0 Å². The van der Waals surface area contributed by atoms with Crippen LogP contribution < -0.4 is 0 Å². The minimum Gasteiger partial charge on any atom is -0.506 e. The first-order valence-corrected chi connectivity index (χ1v) is 6.00. The Morgan fingerprint density at radius 2 is 1.78 bits per heavy atom. The van der Waals surface area contributed by atoms with Crippen molar-refractivity contribution in [3.63, 3.8) is 0 Å². The summed E-state index contributed by atoms with van der Waals surface area (Å²) >= 11 is 3.12. The monoisotopic (exact) mass is 304 g/mol. The quantitative estimate of drug-likeness (QED) is 0.700. The van der Waals surface area contributed by atoms with Crippen molar-refractivity contribution >= 4 is 28.0 Å². The second kappa shape index (κ2) is 5.14. The van der Waals surface area contributed by atoms with E-state index >= 15 is 0 Å². The fraction of sp³-hybridized carbons (Fsp3) is 0. The number of hydrogen-bond acceptors (Lipinski definition) is 3. The topological polar surface area (TPSA) is 54.4 Å². The zero-order chi connectivity index (χ0) is 13.1. The van der Waals surface area contributed by atoms with E-state index in [1.54, 1.807) is 24.3 Å². The summed E-state index contributed by atoms with van der Waals surface area (Å²) in [7, 11) is 0. The molecule has 2 aromatic rings. The van der Waals surface area contributed by atoms with E-state index in [9.17, 15) is 14.7 Å². The van der Waals surface area contributed by atoms with Crippen molar-refractivity contribution in [2.24, 2.45) is 0 Å². The molecule has 0 saturated carbocycles. The highest BCUT2D eigenvalue weighted by atomic mass is 79.9. The third-order valence-corrected chi connectivity index (χ3v) is 3.12. The van der Waals surface area contributed by atoms with E-state index in [0.29, 0.717) is 21.9 Å². The van der Waals surface area contributed by atoms with E-state index in [2.05, 4.69) is 15.9 Å². The van der Waals surface area contributed by atoms with E-state index in [4.69, 9.17) is 0 Å². The maximum atomic E-state index is 12.2. The predicted molar refractivity (Wildman–Crippen MR) is 71.1 cm³/mol. The van der Waals surface area contributed by atoms with Gasteiger partial charge >= 0.3 is 0 Å². The Balaban J connectivity index is 2.49. The van der Waals surface area contributed by atoms with Gasteiger partial charge in [0.15, 0.2) is 12.1 Å². The fourth-order valence-electron chi connectivity index (χ4n) is 1.60. The van der Waals surface area contributed by atoms with Crippen molar-refractivity contribution in [1.29, 1.82) is 0 Å². The molecule has 0 atom stereocenters. The number of carbonyl (C=O) groups is 2. The second-order valence-corrected chi connectivity index (χ2v) is 4.56. The minimum atomic E-state index is -0.195. The molecule has 0 aromatic heterocycles. The first-order chi connectivity index (χ1) is 8.63. The minimum absolute atomic E-state index is 0.0867. The Morgan fingerprint density at radius 1 is 1.11 bits per heavy atom. The number of carbonyl (C=O) groups excluding carboxylic acids is 2. The second-order valence-electron chi connectivity index (χ2n) is 3.71. The lowest BCUT2D eigenvalue weighted by atomic mass is 10.0. The summed E-state index contributed by atoms with van der Waals surface area (Å²) in [5, 5.41) is 9.58. The first kappa shape index (κ1) is 12.5. The van der Waals surface area contributed by atoms with Gasteiger partial charge in [-0.15, -0.1) is 0 Å². The number of halogens is 1. The third kappa shape index (κ3) is 2.33. The Hall–Kier alpha value is -1.94. The molecule has 4 heteroatoms. The zero-order valence-corrected chi connectivity index (χ0v) is 10.8. The molecule has 0 aliphatic heterocycles. The lowest BCUT2D eigenvalue weighted by molar-refractivity contribution is 0.103. The van der Waals surface area contributed by atoms with Gasteiger partial charge < -0.3 is 5.11 Å². The lowest BCUT2D eigenvalue weighted by Gasteiger charge is -2.05. The molecule has 2 rings (SSSR count). The number of ketones is 1. The molecule has 0 aliphatic rings. The molecule has 0 heterocycles. The van der Waals surface area contributed by atoms with E-state index in [1.807, 2.05) is 6.07 Å². The Morgan fingerprint density at radius 3 is 2.39 bits per heavy atom. The van der Waals surface area contributed by atoms with Gasteiger partial charge in [0.1, 0.15) is 5.75 Å². The standard InChI is InChI=1S/C14H9BrO3/c15-12-7-10(6-11(8-16)14(12)18)13(17)9-4-2-1-3-5-9/h1-8,18H. The molecule has 90 valence electrons. The summed E-state index contributed by atoms with van der Waals surface area (Å²) in [6.45, 7) is 0. The number of hydrogen-bond donors (Lipinski definition) is 1. The number of aromatic hydroxyl groups is 1. The largest absolute Gasteiger partial charge is 0.506 e. The van der Waals surface area contributed by atoms with Crippen LogP contribution in [0.25, 0.3) is 0 Å². The van der Waals surface area contributed by atoms with Crippen LogP contribution in [-0.4, -0.2) is 17.2 Å². The van der Waals surface area contributed by atoms with Gasteiger partial charge in [0.05, 0.1) is 10.0 Å². The van der Waals surface area contributed by atoms with Gasteiger partial charge in [0.25, 0.3) is 0 Å². The van der Waals surface area contributed by atoms with E-state index in [-0.39, 0.29) is 17.1 Å². The summed E-state index contributed by atoms with van der Waals surface area (Å²) in [5.74, 6) is -0.353. The number of benzene rings is 2. The van der Waals surface area contributed by atoms with Crippen LogP contribution in [0.4, 0.5) is 0 Å². The number of phenols is 1. The van der Waals surface area contributed by atoms with Gasteiger partial charge in [-0.05, 0) is 28.1 Å². The Kier molecular flexibility index (Phi) is 3.58. The van der Waals surface area contributed by atoms with E-state index in [1.165, 1.54) is 12.1 Å². The zero-order valence-electron chi connectivity index (χ0n) is 9.26. The van der Waals surface area contributed by atoms with Crippen molar-refractivity contribution in [2.45, 2.75) is 0 Å². The average Bonchev–Trinajstić information content (AvgIpc) is 2.42. The van der Waals surface area contributed by atoms with Gasteiger partial charge in [-0.25, -0.2) is 0 Å². The fourth-order valence-corrected chi connectivity index (χ4v) is 2.07. The Bertz CT molecular complexity index is 606. The van der Waals surface area contributed by atoms with E-state index in [0.717, 1.165) is 0 Å². The normalized spacial score (nSPS) is 10.1. The molecule has 0 saturated heterocycles. The summed E-state index contributed by atoms with van der Waals surface area (Å²) in [4.78, 5) is 23.0. The van der Waals surface area contributed by atoms with Gasteiger partial charge in [-0.2, -0.15) is 0 Å². The molecule has 1 N–H and O–H groups in total. The van der Waals surface area contributed by atoms with Crippen molar-refractivity contribution < 1.29 is 14.7 Å². The molecule has 0 spiro atoms. The van der Waals surface area contributed by atoms with Crippen LogP contribution in [0.3, 0.4) is 0 Å². The highest BCUT2D eigenvalue weighted by Gasteiger charge is 2.14. The molecule has 3 nitrogen and oxygen atoms in total. The van der Waals surface area contributed by atoms with Crippen LogP contribution in [0.15, 0.2) is 46.9 Å². The summed E-state index contributed by atoms with van der Waals surface area (Å²) in [6, 6.07) is 11.6. The van der Waals surface area contributed by atoms with Gasteiger partial charge in [0.2, 0.25) is 0 Å². The maximum Gasteiger partial charge on any atom is 0.193 e. The van der Waals surface area contributed by atoms with Crippen LogP contribution in [0.1, 0.15) is 26.3 Å². The number of aldehydes is 1. The van der Waals surface area contributed by atoms with Crippen LogP contribution in [0.2, 0.25) is 0 Å². The molecule has 2 aromatic carbocycles.